The van der Waals surface area contributed by atoms with Crippen LogP contribution in [-0.2, 0) is 11.2 Å². The van der Waals surface area contributed by atoms with Crippen LogP contribution in [0.25, 0.3) is 0 Å². The molecule has 1 atom stereocenters. The molecule has 22 heavy (non-hydrogen) atoms. The molecule has 2 aromatic rings. The first kappa shape index (κ1) is 16.6. The van der Waals surface area contributed by atoms with Crippen molar-refractivity contribution < 1.29 is 9.59 Å². The number of thiazole rings is 1. The van der Waals surface area contributed by atoms with E-state index in [1.807, 2.05) is 18.4 Å². The maximum absolute atomic E-state index is 12.1. The molecule has 0 aliphatic rings. The Kier molecular flexibility index (Phi) is 5.64. The van der Waals surface area contributed by atoms with Gasteiger partial charge in [0, 0.05) is 25.0 Å². The van der Waals surface area contributed by atoms with E-state index in [0.717, 1.165) is 0 Å². The van der Waals surface area contributed by atoms with Gasteiger partial charge in [-0.15, -0.1) is 22.7 Å². The van der Waals surface area contributed by atoms with Crippen molar-refractivity contribution in [1.82, 2.24) is 9.88 Å². The summed E-state index contributed by atoms with van der Waals surface area (Å²) >= 11 is 2.68. The van der Waals surface area contributed by atoms with Crippen molar-refractivity contribution in [1.29, 1.82) is 0 Å². The Morgan fingerprint density at radius 2 is 2.23 bits per heavy atom. The van der Waals surface area contributed by atoms with E-state index >= 15 is 0 Å². The van der Waals surface area contributed by atoms with E-state index in [1.165, 1.54) is 22.7 Å². The third-order valence-electron chi connectivity index (χ3n) is 3.25. The van der Waals surface area contributed by atoms with Crippen molar-refractivity contribution in [2.75, 3.05) is 18.9 Å². The number of likely N-dealkylation sites (N-methyl/N-ethyl adjacent to an activating group) is 1. The normalized spacial score (nSPS) is 12.0. The van der Waals surface area contributed by atoms with Gasteiger partial charge in [-0.1, -0.05) is 6.07 Å². The van der Waals surface area contributed by atoms with Crippen LogP contribution in [0.2, 0.25) is 0 Å². The fraction of sp³-hybridized carbons (Fsp3) is 0.357. The van der Waals surface area contributed by atoms with E-state index in [-0.39, 0.29) is 24.3 Å². The Balaban J connectivity index is 1.94. The van der Waals surface area contributed by atoms with Crippen molar-refractivity contribution in [2.24, 2.45) is 5.73 Å². The van der Waals surface area contributed by atoms with Crippen LogP contribution < -0.4 is 11.1 Å². The predicted octanol–water partition coefficient (Wildman–Crippen LogP) is 1.81. The highest BCUT2D eigenvalue weighted by Crippen LogP contribution is 2.18. The summed E-state index contributed by atoms with van der Waals surface area (Å²) in [7, 11) is 1.73. The first-order valence-corrected chi connectivity index (χ1v) is 8.52. The Morgan fingerprint density at radius 3 is 2.86 bits per heavy atom. The SMILES string of the molecule is CC(CN)N(C)C(=O)Cc1csc(NC(=O)c2cccs2)n1. The first-order chi connectivity index (χ1) is 10.5. The standard InChI is InChI=1S/C14H18N4O2S2/c1-9(7-15)18(2)12(19)6-10-8-22-14(16-10)17-13(20)11-4-3-5-21-11/h3-5,8-9H,6-7,15H2,1-2H3,(H,16,17,20). The minimum absolute atomic E-state index is 0.0101. The average Bonchev–Trinajstić information content (AvgIpc) is 3.17. The van der Waals surface area contributed by atoms with Crippen LogP contribution >= 0.6 is 22.7 Å². The first-order valence-electron chi connectivity index (χ1n) is 6.76. The molecule has 1 unspecified atom stereocenters. The molecule has 0 radical (unpaired) electrons. The highest BCUT2D eigenvalue weighted by Gasteiger charge is 2.17. The van der Waals surface area contributed by atoms with Gasteiger partial charge < -0.3 is 10.6 Å². The number of aromatic nitrogens is 1. The number of thiophene rings is 1. The summed E-state index contributed by atoms with van der Waals surface area (Å²) in [5.74, 6) is -0.226. The molecular weight excluding hydrogens is 320 g/mol. The van der Waals surface area contributed by atoms with Crippen LogP contribution in [0.1, 0.15) is 22.3 Å². The molecule has 8 heteroatoms. The number of hydrogen-bond donors (Lipinski definition) is 2. The number of anilines is 1. The number of rotatable bonds is 6. The third-order valence-corrected chi connectivity index (χ3v) is 4.92. The lowest BCUT2D eigenvalue weighted by Gasteiger charge is -2.23. The molecule has 2 amide bonds. The molecule has 0 bridgehead atoms. The third kappa shape index (κ3) is 4.12. The highest BCUT2D eigenvalue weighted by molar-refractivity contribution is 7.14. The molecule has 0 spiro atoms. The topological polar surface area (TPSA) is 88.3 Å². The van der Waals surface area contributed by atoms with Crippen LogP contribution in [0.4, 0.5) is 5.13 Å². The molecule has 0 saturated heterocycles. The molecule has 3 N–H and O–H groups in total. The number of nitrogens with one attached hydrogen (secondary N) is 1. The second-order valence-corrected chi connectivity index (χ2v) is 6.65. The summed E-state index contributed by atoms with van der Waals surface area (Å²) in [4.78, 5) is 30.5. The summed E-state index contributed by atoms with van der Waals surface area (Å²) < 4.78 is 0. The van der Waals surface area contributed by atoms with Gasteiger partial charge in [-0.3, -0.25) is 14.9 Å². The molecule has 0 fully saturated rings. The van der Waals surface area contributed by atoms with Crippen molar-refractivity contribution in [3.8, 4) is 0 Å². The monoisotopic (exact) mass is 338 g/mol. The summed E-state index contributed by atoms with van der Waals surface area (Å²) in [5.41, 5.74) is 6.20. The van der Waals surface area contributed by atoms with Crippen LogP contribution in [-0.4, -0.2) is 41.3 Å². The zero-order valence-electron chi connectivity index (χ0n) is 12.4. The number of amides is 2. The highest BCUT2D eigenvalue weighted by atomic mass is 32.1. The van der Waals surface area contributed by atoms with E-state index in [2.05, 4.69) is 10.3 Å². The lowest BCUT2D eigenvalue weighted by atomic mass is 10.2. The van der Waals surface area contributed by atoms with Crippen LogP contribution in [0.5, 0.6) is 0 Å². The van der Waals surface area contributed by atoms with Gasteiger partial charge in [-0.2, -0.15) is 0 Å². The summed E-state index contributed by atoms with van der Waals surface area (Å²) in [6, 6.07) is 3.56. The molecule has 0 saturated carbocycles. The zero-order valence-corrected chi connectivity index (χ0v) is 14.0. The largest absolute Gasteiger partial charge is 0.341 e. The molecule has 2 rings (SSSR count). The maximum Gasteiger partial charge on any atom is 0.267 e. The Labute approximate surface area is 137 Å². The molecule has 2 heterocycles. The summed E-state index contributed by atoms with van der Waals surface area (Å²) in [6.45, 7) is 2.31. The lowest BCUT2D eigenvalue weighted by Crippen LogP contribution is -2.40. The Hall–Kier alpha value is -1.77. The van der Waals surface area contributed by atoms with Crippen LogP contribution in [0.15, 0.2) is 22.9 Å². The zero-order chi connectivity index (χ0) is 16.1. The lowest BCUT2D eigenvalue weighted by molar-refractivity contribution is -0.130. The fourth-order valence-corrected chi connectivity index (χ4v) is 3.02. The quantitative estimate of drug-likeness (QED) is 0.841. The second-order valence-electron chi connectivity index (χ2n) is 4.84. The minimum atomic E-state index is -0.184. The van der Waals surface area contributed by atoms with Crippen molar-refractivity contribution in [3.63, 3.8) is 0 Å². The Morgan fingerprint density at radius 1 is 1.45 bits per heavy atom. The number of carbonyl (C=O) groups excluding carboxylic acids is 2. The summed E-state index contributed by atoms with van der Waals surface area (Å²) in [5, 5.41) is 6.85. The number of hydrogen-bond acceptors (Lipinski definition) is 6. The van der Waals surface area contributed by atoms with E-state index < -0.39 is 0 Å². The van der Waals surface area contributed by atoms with E-state index in [0.29, 0.717) is 22.2 Å². The van der Waals surface area contributed by atoms with Crippen molar-refractivity contribution in [3.05, 3.63) is 33.5 Å². The smallest absolute Gasteiger partial charge is 0.267 e. The van der Waals surface area contributed by atoms with Gasteiger partial charge in [0.25, 0.3) is 5.91 Å². The predicted molar refractivity (Wildman–Crippen MR) is 89.4 cm³/mol. The fourth-order valence-electron chi connectivity index (χ4n) is 1.70. The van der Waals surface area contributed by atoms with Crippen molar-refractivity contribution in [2.45, 2.75) is 19.4 Å². The molecule has 118 valence electrons. The molecule has 0 aliphatic heterocycles. The van der Waals surface area contributed by atoms with Gasteiger partial charge in [0.05, 0.1) is 17.0 Å². The van der Waals surface area contributed by atoms with Gasteiger partial charge in [0.2, 0.25) is 5.91 Å². The minimum Gasteiger partial charge on any atom is -0.341 e. The molecule has 2 aromatic heterocycles. The van der Waals surface area contributed by atoms with Crippen LogP contribution in [0, 0.1) is 0 Å². The Bertz CT molecular complexity index is 639. The van der Waals surface area contributed by atoms with E-state index in [4.69, 9.17) is 5.73 Å². The molecule has 0 aliphatic carbocycles. The van der Waals surface area contributed by atoms with Gasteiger partial charge in [0.1, 0.15) is 0 Å². The van der Waals surface area contributed by atoms with Gasteiger partial charge in [-0.25, -0.2) is 4.98 Å². The van der Waals surface area contributed by atoms with Gasteiger partial charge >= 0.3 is 0 Å². The van der Waals surface area contributed by atoms with Crippen molar-refractivity contribution >= 4 is 39.6 Å². The molecule has 6 nitrogen and oxygen atoms in total. The molecule has 0 aromatic carbocycles. The van der Waals surface area contributed by atoms with E-state index in [9.17, 15) is 9.59 Å². The number of carbonyl (C=O) groups is 2. The second kappa shape index (κ2) is 7.48. The molecular formula is C14H18N4O2S2. The average molecular weight is 338 g/mol. The summed E-state index contributed by atoms with van der Waals surface area (Å²) in [6.07, 6.45) is 0.201. The van der Waals surface area contributed by atoms with Gasteiger partial charge in [-0.05, 0) is 18.4 Å². The number of nitrogens with zero attached hydrogens (tertiary/aromatic N) is 2. The van der Waals surface area contributed by atoms with Gasteiger partial charge in [0.15, 0.2) is 5.13 Å². The van der Waals surface area contributed by atoms with E-state index in [1.54, 1.807) is 23.4 Å². The maximum atomic E-state index is 12.1. The van der Waals surface area contributed by atoms with Crippen LogP contribution in [0.3, 0.4) is 0 Å². The number of nitrogens with two attached hydrogens (primary N) is 1.